The number of carbonyl (C=O) groups is 2. The van der Waals surface area contributed by atoms with Crippen LogP contribution in [0.3, 0.4) is 0 Å². The predicted molar refractivity (Wildman–Crippen MR) is 69.8 cm³/mol. The number of unbranched alkanes of at least 4 members (excludes halogenated alkanes) is 1. The van der Waals surface area contributed by atoms with Gasteiger partial charge in [0.1, 0.15) is 0 Å². The van der Waals surface area contributed by atoms with Crippen molar-refractivity contribution in [3.8, 4) is 0 Å². The van der Waals surface area contributed by atoms with Crippen LogP contribution >= 0.6 is 12.6 Å². The van der Waals surface area contributed by atoms with Crippen LogP contribution in [-0.4, -0.2) is 29.0 Å². The van der Waals surface area contributed by atoms with E-state index in [4.69, 9.17) is 0 Å². The zero-order valence-corrected chi connectivity index (χ0v) is 11.3. The number of likely N-dealkylation sites (tertiary alicyclic amines) is 1. The van der Waals surface area contributed by atoms with E-state index in [0.29, 0.717) is 12.5 Å². The third-order valence-electron chi connectivity index (χ3n) is 4.19. The fourth-order valence-electron chi connectivity index (χ4n) is 3.13. The van der Waals surface area contributed by atoms with Crippen molar-refractivity contribution < 1.29 is 9.59 Å². The standard InChI is InChI=1S/C13H21NO2S/c1-2-9-7-10-11(8-9)13(16)14(12(10)15)5-3-4-6-17/h9-11,17H,2-8H2,1H3. The molecule has 96 valence electrons. The molecule has 0 aromatic rings. The minimum atomic E-state index is 0.00320. The molecule has 3 nitrogen and oxygen atoms in total. The Kier molecular flexibility index (Phi) is 4.13. The topological polar surface area (TPSA) is 37.4 Å². The second-order valence-corrected chi connectivity index (χ2v) is 5.66. The van der Waals surface area contributed by atoms with Crippen LogP contribution in [0.5, 0.6) is 0 Å². The van der Waals surface area contributed by atoms with E-state index in [1.165, 1.54) is 4.90 Å². The normalized spacial score (nSPS) is 32.4. The lowest BCUT2D eigenvalue weighted by Gasteiger charge is -2.17. The van der Waals surface area contributed by atoms with Crippen LogP contribution in [0.25, 0.3) is 0 Å². The molecular formula is C13H21NO2S. The maximum atomic E-state index is 12.1. The van der Waals surface area contributed by atoms with Crippen molar-refractivity contribution >= 4 is 24.4 Å². The maximum Gasteiger partial charge on any atom is 0.233 e. The van der Waals surface area contributed by atoms with Crippen LogP contribution in [0.1, 0.15) is 39.0 Å². The van der Waals surface area contributed by atoms with Crippen LogP contribution in [0, 0.1) is 17.8 Å². The molecule has 2 aliphatic rings. The van der Waals surface area contributed by atoms with Crippen LogP contribution in [0.15, 0.2) is 0 Å². The van der Waals surface area contributed by atoms with Crippen LogP contribution in [-0.2, 0) is 9.59 Å². The van der Waals surface area contributed by atoms with E-state index in [1.807, 2.05) is 0 Å². The van der Waals surface area contributed by atoms with Gasteiger partial charge in [0.05, 0.1) is 11.8 Å². The van der Waals surface area contributed by atoms with E-state index >= 15 is 0 Å². The lowest BCUT2D eigenvalue weighted by molar-refractivity contribution is -0.140. The summed E-state index contributed by atoms with van der Waals surface area (Å²) in [5.74, 6) is 1.59. The molecule has 1 aliphatic carbocycles. The van der Waals surface area contributed by atoms with Crippen LogP contribution in [0.4, 0.5) is 0 Å². The van der Waals surface area contributed by atoms with Crippen molar-refractivity contribution in [1.29, 1.82) is 0 Å². The van der Waals surface area contributed by atoms with Gasteiger partial charge in [-0.05, 0) is 37.4 Å². The van der Waals surface area contributed by atoms with E-state index in [-0.39, 0.29) is 23.7 Å². The van der Waals surface area contributed by atoms with Gasteiger partial charge in [-0.15, -0.1) is 0 Å². The van der Waals surface area contributed by atoms with Crippen LogP contribution < -0.4 is 0 Å². The smallest absolute Gasteiger partial charge is 0.233 e. The van der Waals surface area contributed by atoms with Gasteiger partial charge in [0.2, 0.25) is 11.8 Å². The first kappa shape index (κ1) is 12.9. The van der Waals surface area contributed by atoms with Gasteiger partial charge in [0.15, 0.2) is 0 Å². The van der Waals surface area contributed by atoms with Gasteiger partial charge in [-0.1, -0.05) is 13.3 Å². The number of fused-ring (bicyclic) bond motifs is 1. The van der Waals surface area contributed by atoms with E-state index in [9.17, 15) is 9.59 Å². The highest BCUT2D eigenvalue weighted by molar-refractivity contribution is 7.80. The summed E-state index contributed by atoms with van der Waals surface area (Å²) in [4.78, 5) is 25.8. The van der Waals surface area contributed by atoms with Crippen molar-refractivity contribution in [2.75, 3.05) is 12.3 Å². The summed E-state index contributed by atoms with van der Waals surface area (Å²) < 4.78 is 0. The van der Waals surface area contributed by atoms with E-state index in [2.05, 4.69) is 19.6 Å². The maximum absolute atomic E-state index is 12.1. The molecule has 2 fully saturated rings. The molecule has 0 bridgehead atoms. The lowest BCUT2D eigenvalue weighted by atomic mass is 10.00. The molecule has 2 rings (SSSR count). The number of imide groups is 1. The molecule has 0 radical (unpaired) electrons. The van der Waals surface area contributed by atoms with Crippen molar-refractivity contribution in [3.63, 3.8) is 0 Å². The van der Waals surface area contributed by atoms with Gasteiger partial charge < -0.3 is 0 Å². The second kappa shape index (κ2) is 5.42. The average molecular weight is 255 g/mol. The van der Waals surface area contributed by atoms with Gasteiger partial charge >= 0.3 is 0 Å². The highest BCUT2D eigenvalue weighted by Crippen LogP contribution is 2.44. The zero-order valence-electron chi connectivity index (χ0n) is 10.4. The highest BCUT2D eigenvalue weighted by atomic mass is 32.1. The number of rotatable bonds is 5. The molecule has 0 aromatic carbocycles. The van der Waals surface area contributed by atoms with Gasteiger partial charge in [-0.3, -0.25) is 14.5 Å². The third kappa shape index (κ3) is 2.37. The van der Waals surface area contributed by atoms with Gasteiger partial charge in [0.25, 0.3) is 0 Å². The lowest BCUT2D eigenvalue weighted by Crippen LogP contribution is -2.33. The first-order valence-electron chi connectivity index (χ1n) is 6.65. The molecule has 1 heterocycles. The molecule has 2 amide bonds. The Hall–Kier alpha value is -0.510. The largest absolute Gasteiger partial charge is 0.282 e. The summed E-state index contributed by atoms with van der Waals surface area (Å²) in [5, 5.41) is 0. The molecule has 2 unspecified atom stereocenters. The number of hydrogen-bond donors (Lipinski definition) is 1. The van der Waals surface area contributed by atoms with Crippen molar-refractivity contribution in [3.05, 3.63) is 0 Å². The van der Waals surface area contributed by atoms with Crippen molar-refractivity contribution in [1.82, 2.24) is 4.90 Å². The quantitative estimate of drug-likeness (QED) is 0.464. The van der Waals surface area contributed by atoms with Gasteiger partial charge in [-0.2, -0.15) is 12.6 Å². The molecule has 0 aromatic heterocycles. The Morgan fingerprint density at radius 2 is 1.76 bits per heavy atom. The first-order chi connectivity index (χ1) is 8.19. The third-order valence-corrected chi connectivity index (χ3v) is 4.51. The Balaban J connectivity index is 1.96. The summed E-state index contributed by atoms with van der Waals surface area (Å²) >= 11 is 4.14. The average Bonchev–Trinajstić information content (AvgIpc) is 2.84. The summed E-state index contributed by atoms with van der Waals surface area (Å²) in [6.45, 7) is 2.74. The highest BCUT2D eigenvalue weighted by Gasteiger charge is 2.51. The van der Waals surface area contributed by atoms with Crippen LogP contribution in [0.2, 0.25) is 0 Å². The fourth-order valence-corrected chi connectivity index (χ4v) is 3.36. The summed E-state index contributed by atoms with van der Waals surface area (Å²) in [6.07, 6.45) is 4.79. The minimum Gasteiger partial charge on any atom is -0.282 e. The Morgan fingerprint density at radius 1 is 1.18 bits per heavy atom. The molecule has 0 N–H and O–H groups in total. The SMILES string of the molecule is CCC1CC2C(=O)N(CCCCS)C(=O)C2C1. The molecule has 1 saturated heterocycles. The molecule has 2 atom stereocenters. The van der Waals surface area contributed by atoms with Crippen molar-refractivity contribution in [2.45, 2.75) is 39.0 Å². The molecule has 0 spiro atoms. The fraction of sp³-hybridized carbons (Fsp3) is 0.846. The second-order valence-electron chi connectivity index (χ2n) is 5.22. The number of thiol groups is 1. The van der Waals surface area contributed by atoms with E-state index in [1.54, 1.807) is 0 Å². The Bertz CT molecular complexity index is 295. The number of amides is 2. The number of carbonyl (C=O) groups excluding carboxylic acids is 2. The molecule has 1 aliphatic heterocycles. The molecule has 4 heteroatoms. The molecule has 17 heavy (non-hydrogen) atoms. The summed E-state index contributed by atoms with van der Waals surface area (Å²) in [5.41, 5.74) is 0. The van der Waals surface area contributed by atoms with Gasteiger partial charge in [0, 0.05) is 6.54 Å². The Labute approximate surface area is 108 Å². The monoisotopic (exact) mass is 255 g/mol. The number of hydrogen-bond acceptors (Lipinski definition) is 3. The molecular weight excluding hydrogens is 234 g/mol. The summed E-state index contributed by atoms with van der Waals surface area (Å²) in [6, 6.07) is 0. The minimum absolute atomic E-state index is 0.00320. The molecule has 1 saturated carbocycles. The first-order valence-corrected chi connectivity index (χ1v) is 7.28. The van der Waals surface area contributed by atoms with Gasteiger partial charge in [-0.25, -0.2) is 0 Å². The summed E-state index contributed by atoms with van der Waals surface area (Å²) in [7, 11) is 0. The van der Waals surface area contributed by atoms with E-state index < -0.39 is 0 Å². The van der Waals surface area contributed by atoms with Crippen molar-refractivity contribution in [2.24, 2.45) is 17.8 Å². The predicted octanol–water partition coefficient (Wildman–Crippen LogP) is 2.12. The number of nitrogens with zero attached hydrogens (tertiary/aromatic N) is 1. The van der Waals surface area contributed by atoms with E-state index in [0.717, 1.165) is 37.9 Å². The zero-order chi connectivity index (χ0) is 12.4. The Morgan fingerprint density at radius 3 is 2.24 bits per heavy atom.